The molecule has 2 aromatic rings. The normalized spacial score (nSPS) is 14.7. The number of para-hydroxylation sites is 1. The summed E-state index contributed by atoms with van der Waals surface area (Å²) in [5.41, 5.74) is 1.39. The first-order valence-electron chi connectivity index (χ1n) is 5.74. The molecular weight excluding hydrogens is 255 g/mol. The van der Waals surface area contributed by atoms with Gasteiger partial charge in [-0.25, -0.2) is 4.39 Å². The molecule has 0 saturated carbocycles. The lowest BCUT2D eigenvalue weighted by molar-refractivity contribution is 0.542. The summed E-state index contributed by atoms with van der Waals surface area (Å²) in [5.74, 6) is 0.919. The highest BCUT2D eigenvalue weighted by molar-refractivity contribution is 6.17. The summed E-state index contributed by atoms with van der Waals surface area (Å²) in [6, 6.07) is 5.00. The van der Waals surface area contributed by atoms with Crippen molar-refractivity contribution in [3.05, 3.63) is 41.7 Å². The number of anilines is 1. The van der Waals surface area contributed by atoms with Crippen molar-refractivity contribution in [3.63, 3.8) is 0 Å². The summed E-state index contributed by atoms with van der Waals surface area (Å²) in [6.45, 7) is 2.05. The Hall–Kier alpha value is -1.62. The number of rotatable bonds is 2. The maximum atomic E-state index is 14.0. The standard InChI is InChI=1S/C12H12ClFN4/c13-6-9-2-1-3-10(14)12(9)17-4-5-18-8-15-16-11(18)7-17/h1-3,8H,4-7H2. The Kier molecular flexibility index (Phi) is 2.91. The fourth-order valence-corrected chi connectivity index (χ4v) is 2.49. The molecule has 1 aromatic heterocycles. The lowest BCUT2D eigenvalue weighted by Crippen LogP contribution is -2.34. The molecule has 1 aromatic carbocycles. The predicted molar refractivity (Wildman–Crippen MR) is 67.0 cm³/mol. The van der Waals surface area contributed by atoms with Crippen LogP contribution < -0.4 is 4.90 Å². The zero-order valence-electron chi connectivity index (χ0n) is 9.68. The van der Waals surface area contributed by atoms with Gasteiger partial charge in [0.15, 0.2) is 5.82 Å². The number of fused-ring (bicyclic) bond motifs is 1. The van der Waals surface area contributed by atoms with Crippen molar-refractivity contribution in [3.8, 4) is 0 Å². The quantitative estimate of drug-likeness (QED) is 0.782. The van der Waals surface area contributed by atoms with Crippen molar-refractivity contribution >= 4 is 17.3 Å². The molecular formula is C12H12ClFN4. The van der Waals surface area contributed by atoms with Crippen LogP contribution in [-0.2, 0) is 19.0 Å². The van der Waals surface area contributed by atoms with E-state index in [9.17, 15) is 4.39 Å². The molecule has 0 aliphatic carbocycles. The third-order valence-electron chi connectivity index (χ3n) is 3.17. The molecule has 0 spiro atoms. The van der Waals surface area contributed by atoms with Crippen molar-refractivity contribution in [2.75, 3.05) is 11.4 Å². The first-order chi connectivity index (χ1) is 8.79. The molecule has 2 heterocycles. The maximum absolute atomic E-state index is 14.0. The second-order valence-corrected chi connectivity index (χ2v) is 4.51. The molecule has 0 N–H and O–H groups in total. The van der Waals surface area contributed by atoms with Gasteiger partial charge in [-0.3, -0.25) is 0 Å². The van der Waals surface area contributed by atoms with Crippen LogP contribution >= 0.6 is 11.6 Å². The van der Waals surface area contributed by atoms with Crippen LogP contribution in [0.4, 0.5) is 10.1 Å². The summed E-state index contributed by atoms with van der Waals surface area (Å²) >= 11 is 5.88. The number of hydrogen-bond acceptors (Lipinski definition) is 3. The maximum Gasteiger partial charge on any atom is 0.152 e. The number of nitrogens with zero attached hydrogens (tertiary/aromatic N) is 4. The van der Waals surface area contributed by atoms with Gasteiger partial charge in [-0.2, -0.15) is 0 Å². The van der Waals surface area contributed by atoms with E-state index < -0.39 is 0 Å². The van der Waals surface area contributed by atoms with Gasteiger partial charge in [-0.1, -0.05) is 12.1 Å². The summed E-state index contributed by atoms with van der Waals surface area (Å²) in [4.78, 5) is 1.97. The first kappa shape index (κ1) is 11.5. The van der Waals surface area contributed by atoms with E-state index in [1.54, 1.807) is 12.4 Å². The molecule has 94 valence electrons. The summed E-state index contributed by atoms with van der Waals surface area (Å²) < 4.78 is 16.0. The number of alkyl halides is 1. The molecule has 0 amide bonds. The second-order valence-electron chi connectivity index (χ2n) is 4.24. The van der Waals surface area contributed by atoms with Gasteiger partial charge in [-0.05, 0) is 11.6 Å². The Balaban J connectivity index is 1.97. The highest BCUT2D eigenvalue weighted by Crippen LogP contribution is 2.28. The number of benzene rings is 1. The molecule has 4 nitrogen and oxygen atoms in total. The Bertz CT molecular complexity index is 569. The van der Waals surface area contributed by atoms with Crippen molar-refractivity contribution in [1.82, 2.24) is 14.8 Å². The second kappa shape index (κ2) is 4.57. The summed E-state index contributed by atoms with van der Waals surface area (Å²) in [6.07, 6.45) is 1.70. The van der Waals surface area contributed by atoms with Gasteiger partial charge in [0.1, 0.15) is 12.1 Å². The average molecular weight is 267 g/mol. The van der Waals surface area contributed by atoms with Crippen LogP contribution in [0.5, 0.6) is 0 Å². The van der Waals surface area contributed by atoms with E-state index in [1.807, 2.05) is 15.5 Å². The van der Waals surface area contributed by atoms with Crippen LogP contribution in [0.15, 0.2) is 24.5 Å². The van der Waals surface area contributed by atoms with E-state index in [-0.39, 0.29) is 5.82 Å². The van der Waals surface area contributed by atoms with Crippen molar-refractivity contribution in [2.24, 2.45) is 0 Å². The molecule has 0 radical (unpaired) electrons. The van der Waals surface area contributed by atoms with Gasteiger partial charge in [-0.15, -0.1) is 21.8 Å². The Labute approximate surface area is 109 Å². The van der Waals surface area contributed by atoms with Crippen molar-refractivity contribution in [1.29, 1.82) is 0 Å². The minimum Gasteiger partial charge on any atom is -0.360 e. The van der Waals surface area contributed by atoms with Crippen molar-refractivity contribution < 1.29 is 4.39 Å². The first-order valence-corrected chi connectivity index (χ1v) is 6.28. The average Bonchev–Trinajstić information content (AvgIpc) is 2.85. The smallest absolute Gasteiger partial charge is 0.152 e. The Morgan fingerprint density at radius 1 is 1.33 bits per heavy atom. The fourth-order valence-electron chi connectivity index (χ4n) is 2.28. The number of hydrogen-bond donors (Lipinski definition) is 0. The van der Waals surface area contributed by atoms with Crippen LogP contribution in [0.2, 0.25) is 0 Å². The van der Waals surface area contributed by atoms with E-state index in [2.05, 4.69) is 10.2 Å². The van der Waals surface area contributed by atoms with Crippen LogP contribution in [0.25, 0.3) is 0 Å². The predicted octanol–water partition coefficient (Wildman–Crippen LogP) is 2.18. The van der Waals surface area contributed by atoms with Crippen molar-refractivity contribution in [2.45, 2.75) is 19.0 Å². The van der Waals surface area contributed by atoms with E-state index in [1.165, 1.54) is 6.07 Å². The minimum absolute atomic E-state index is 0.235. The number of aromatic nitrogens is 3. The molecule has 6 heteroatoms. The van der Waals surface area contributed by atoms with Gasteiger partial charge in [0, 0.05) is 19.0 Å². The lowest BCUT2D eigenvalue weighted by atomic mass is 10.1. The molecule has 1 aliphatic heterocycles. The van der Waals surface area contributed by atoms with Gasteiger partial charge in [0.2, 0.25) is 0 Å². The topological polar surface area (TPSA) is 34.0 Å². The number of halogens is 2. The van der Waals surface area contributed by atoms with Gasteiger partial charge < -0.3 is 9.47 Å². The molecule has 0 atom stereocenters. The highest BCUT2D eigenvalue weighted by Gasteiger charge is 2.22. The van der Waals surface area contributed by atoms with E-state index >= 15 is 0 Å². The Morgan fingerprint density at radius 2 is 2.22 bits per heavy atom. The largest absolute Gasteiger partial charge is 0.360 e. The zero-order chi connectivity index (χ0) is 12.5. The summed E-state index contributed by atoms with van der Waals surface area (Å²) in [7, 11) is 0. The Morgan fingerprint density at radius 3 is 3.06 bits per heavy atom. The van der Waals surface area contributed by atoms with E-state index in [4.69, 9.17) is 11.6 Å². The van der Waals surface area contributed by atoms with Gasteiger partial charge >= 0.3 is 0 Å². The molecule has 0 unspecified atom stereocenters. The monoisotopic (exact) mass is 266 g/mol. The molecule has 0 bridgehead atoms. The minimum atomic E-state index is -0.235. The highest BCUT2D eigenvalue weighted by atomic mass is 35.5. The molecule has 0 fully saturated rings. The van der Waals surface area contributed by atoms with Crippen LogP contribution in [0.1, 0.15) is 11.4 Å². The molecule has 18 heavy (non-hydrogen) atoms. The lowest BCUT2D eigenvalue weighted by Gasteiger charge is -2.30. The molecule has 0 saturated heterocycles. The van der Waals surface area contributed by atoms with E-state index in [0.29, 0.717) is 18.1 Å². The van der Waals surface area contributed by atoms with Crippen LogP contribution in [0.3, 0.4) is 0 Å². The SMILES string of the molecule is Fc1cccc(CCl)c1N1CCn2cnnc2C1. The molecule has 3 rings (SSSR count). The fraction of sp³-hybridized carbons (Fsp3) is 0.333. The van der Waals surface area contributed by atoms with E-state index in [0.717, 1.165) is 24.5 Å². The van der Waals surface area contributed by atoms with Gasteiger partial charge in [0.05, 0.1) is 12.2 Å². The van der Waals surface area contributed by atoms with Crippen LogP contribution in [-0.4, -0.2) is 21.3 Å². The van der Waals surface area contributed by atoms with Gasteiger partial charge in [0.25, 0.3) is 0 Å². The molecule has 1 aliphatic rings. The summed E-state index contributed by atoms with van der Waals surface area (Å²) in [5, 5.41) is 7.90. The third-order valence-corrected chi connectivity index (χ3v) is 3.46. The zero-order valence-corrected chi connectivity index (χ0v) is 10.4. The third kappa shape index (κ3) is 1.84. The van der Waals surface area contributed by atoms with Crippen LogP contribution in [0, 0.1) is 5.82 Å².